The summed E-state index contributed by atoms with van der Waals surface area (Å²) in [6.45, 7) is 2.49. The predicted octanol–water partition coefficient (Wildman–Crippen LogP) is 3.39. The molecule has 0 aliphatic heterocycles. The molecule has 1 N–H and O–H groups in total. The van der Waals surface area contributed by atoms with Gasteiger partial charge in [0.15, 0.2) is 0 Å². The highest BCUT2D eigenvalue weighted by Crippen LogP contribution is 2.21. The lowest BCUT2D eigenvalue weighted by Crippen LogP contribution is -2.22. The van der Waals surface area contributed by atoms with Crippen LogP contribution in [0.3, 0.4) is 0 Å². The molecule has 0 heterocycles. The van der Waals surface area contributed by atoms with Crippen molar-refractivity contribution < 1.29 is 9.90 Å². The van der Waals surface area contributed by atoms with Gasteiger partial charge in [-0.3, -0.25) is 4.79 Å². The molecular weight excluding hydrogens is 238 g/mol. The van der Waals surface area contributed by atoms with E-state index < -0.39 is 5.97 Å². The Labute approximate surface area is 113 Å². The quantitative estimate of drug-likeness (QED) is 0.892. The number of carbonyl (C=O) groups is 1. The van der Waals surface area contributed by atoms with Crippen LogP contribution in [-0.4, -0.2) is 24.7 Å². The van der Waals surface area contributed by atoms with Crippen LogP contribution in [0.1, 0.15) is 13.3 Å². The molecule has 2 aromatic rings. The second-order valence-electron chi connectivity index (χ2n) is 4.98. The van der Waals surface area contributed by atoms with Crippen LogP contribution in [0.25, 0.3) is 10.8 Å². The average Bonchev–Trinajstić information content (AvgIpc) is 2.43. The zero-order chi connectivity index (χ0) is 13.8. The summed E-state index contributed by atoms with van der Waals surface area (Å²) in [7, 11) is 2.00. The third-order valence-electron chi connectivity index (χ3n) is 3.49. The molecule has 2 aromatic carbocycles. The Balaban J connectivity index is 2.08. The highest BCUT2D eigenvalue weighted by Gasteiger charge is 2.12. The number of hydrogen-bond donors (Lipinski definition) is 1. The molecule has 3 heteroatoms. The SMILES string of the molecule is CC(CCN(C)c1ccc2ccccc2c1)C(=O)O. The first kappa shape index (κ1) is 13.4. The average molecular weight is 257 g/mol. The molecule has 19 heavy (non-hydrogen) atoms. The minimum Gasteiger partial charge on any atom is -0.481 e. The summed E-state index contributed by atoms with van der Waals surface area (Å²) < 4.78 is 0. The van der Waals surface area contributed by atoms with Gasteiger partial charge in [-0.25, -0.2) is 0 Å². The van der Waals surface area contributed by atoms with Gasteiger partial charge in [-0.05, 0) is 29.3 Å². The van der Waals surface area contributed by atoms with E-state index in [0.717, 1.165) is 12.2 Å². The lowest BCUT2D eigenvalue weighted by atomic mass is 10.1. The van der Waals surface area contributed by atoms with Gasteiger partial charge in [0.25, 0.3) is 0 Å². The second kappa shape index (κ2) is 5.74. The number of carboxylic acids is 1. The van der Waals surface area contributed by atoms with Crippen molar-refractivity contribution in [3.05, 3.63) is 42.5 Å². The highest BCUT2D eigenvalue weighted by atomic mass is 16.4. The van der Waals surface area contributed by atoms with Crippen molar-refractivity contribution in [2.75, 3.05) is 18.5 Å². The van der Waals surface area contributed by atoms with Crippen LogP contribution in [0.2, 0.25) is 0 Å². The third-order valence-corrected chi connectivity index (χ3v) is 3.49. The molecule has 100 valence electrons. The Morgan fingerprint density at radius 2 is 1.89 bits per heavy atom. The van der Waals surface area contributed by atoms with Crippen molar-refractivity contribution in [3.8, 4) is 0 Å². The van der Waals surface area contributed by atoms with E-state index in [2.05, 4.69) is 35.2 Å². The summed E-state index contributed by atoms with van der Waals surface area (Å²) in [4.78, 5) is 12.9. The van der Waals surface area contributed by atoms with Crippen LogP contribution in [-0.2, 0) is 4.79 Å². The normalized spacial score (nSPS) is 12.3. The first-order valence-electron chi connectivity index (χ1n) is 6.50. The maximum atomic E-state index is 10.8. The molecule has 0 radical (unpaired) electrons. The van der Waals surface area contributed by atoms with Crippen molar-refractivity contribution in [1.29, 1.82) is 0 Å². The second-order valence-corrected chi connectivity index (χ2v) is 4.98. The summed E-state index contributed by atoms with van der Waals surface area (Å²) in [5.41, 5.74) is 1.12. The van der Waals surface area contributed by atoms with Gasteiger partial charge < -0.3 is 10.0 Å². The van der Waals surface area contributed by atoms with Crippen LogP contribution in [0, 0.1) is 5.92 Å². The van der Waals surface area contributed by atoms with E-state index in [1.165, 1.54) is 10.8 Å². The molecule has 0 aliphatic carbocycles. The molecule has 1 unspecified atom stereocenters. The highest BCUT2D eigenvalue weighted by molar-refractivity contribution is 5.85. The molecule has 2 rings (SSSR count). The lowest BCUT2D eigenvalue weighted by molar-refractivity contribution is -0.141. The smallest absolute Gasteiger partial charge is 0.306 e. The van der Waals surface area contributed by atoms with Gasteiger partial charge in [0, 0.05) is 19.3 Å². The van der Waals surface area contributed by atoms with Crippen LogP contribution in [0.4, 0.5) is 5.69 Å². The van der Waals surface area contributed by atoms with Gasteiger partial charge in [0.2, 0.25) is 0 Å². The zero-order valence-corrected chi connectivity index (χ0v) is 11.3. The van der Waals surface area contributed by atoms with Gasteiger partial charge >= 0.3 is 5.97 Å². The molecule has 0 fully saturated rings. The van der Waals surface area contributed by atoms with Crippen LogP contribution in [0.5, 0.6) is 0 Å². The Kier molecular flexibility index (Phi) is 4.05. The fourth-order valence-electron chi connectivity index (χ4n) is 2.05. The minimum absolute atomic E-state index is 0.303. The van der Waals surface area contributed by atoms with Gasteiger partial charge in [-0.2, -0.15) is 0 Å². The first-order chi connectivity index (χ1) is 9.08. The summed E-state index contributed by atoms with van der Waals surface area (Å²) in [6.07, 6.45) is 0.651. The van der Waals surface area contributed by atoms with Crippen molar-refractivity contribution >= 4 is 22.4 Å². The largest absolute Gasteiger partial charge is 0.481 e. The molecule has 0 spiro atoms. The number of carboxylic acid groups (broad SMARTS) is 1. The maximum Gasteiger partial charge on any atom is 0.306 e. The first-order valence-corrected chi connectivity index (χ1v) is 6.50. The molecule has 0 amide bonds. The van der Waals surface area contributed by atoms with Crippen molar-refractivity contribution in [2.45, 2.75) is 13.3 Å². The van der Waals surface area contributed by atoms with Crippen molar-refractivity contribution in [1.82, 2.24) is 0 Å². The minimum atomic E-state index is -0.730. The van der Waals surface area contributed by atoms with E-state index in [4.69, 9.17) is 5.11 Å². The number of aliphatic carboxylic acids is 1. The molecule has 0 aliphatic rings. The molecule has 3 nitrogen and oxygen atoms in total. The van der Waals surface area contributed by atoms with Crippen LogP contribution < -0.4 is 4.90 Å². The molecule has 0 bridgehead atoms. The van der Waals surface area contributed by atoms with E-state index in [9.17, 15) is 4.79 Å². The summed E-state index contributed by atoms with van der Waals surface area (Å²) in [6, 6.07) is 14.5. The number of rotatable bonds is 5. The summed E-state index contributed by atoms with van der Waals surface area (Å²) in [5, 5.41) is 11.3. The Morgan fingerprint density at radius 1 is 1.21 bits per heavy atom. The molecular formula is C16H19NO2. The topological polar surface area (TPSA) is 40.5 Å². The molecule has 0 saturated heterocycles. The molecule has 0 aromatic heterocycles. The summed E-state index contributed by atoms with van der Waals surface area (Å²) >= 11 is 0. The van der Waals surface area contributed by atoms with Gasteiger partial charge in [0.05, 0.1) is 5.92 Å². The Morgan fingerprint density at radius 3 is 2.58 bits per heavy atom. The lowest BCUT2D eigenvalue weighted by Gasteiger charge is -2.20. The fourth-order valence-corrected chi connectivity index (χ4v) is 2.05. The number of nitrogens with zero attached hydrogens (tertiary/aromatic N) is 1. The number of hydrogen-bond acceptors (Lipinski definition) is 2. The maximum absolute atomic E-state index is 10.8. The van der Waals surface area contributed by atoms with E-state index in [1.54, 1.807) is 6.92 Å². The Bertz CT molecular complexity index is 580. The monoisotopic (exact) mass is 257 g/mol. The van der Waals surface area contributed by atoms with E-state index in [-0.39, 0.29) is 5.92 Å². The van der Waals surface area contributed by atoms with E-state index in [0.29, 0.717) is 6.42 Å². The van der Waals surface area contributed by atoms with Gasteiger partial charge in [0.1, 0.15) is 0 Å². The van der Waals surface area contributed by atoms with Crippen LogP contribution in [0.15, 0.2) is 42.5 Å². The fraction of sp³-hybridized carbons (Fsp3) is 0.312. The van der Waals surface area contributed by atoms with Crippen molar-refractivity contribution in [2.24, 2.45) is 5.92 Å². The van der Waals surface area contributed by atoms with E-state index in [1.807, 2.05) is 19.2 Å². The van der Waals surface area contributed by atoms with Crippen LogP contribution >= 0.6 is 0 Å². The van der Waals surface area contributed by atoms with Gasteiger partial charge in [-0.1, -0.05) is 37.3 Å². The van der Waals surface area contributed by atoms with Crippen molar-refractivity contribution in [3.63, 3.8) is 0 Å². The number of anilines is 1. The van der Waals surface area contributed by atoms with E-state index >= 15 is 0 Å². The number of benzene rings is 2. The number of fused-ring (bicyclic) bond motifs is 1. The summed E-state index contributed by atoms with van der Waals surface area (Å²) in [5.74, 6) is -1.03. The van der Waals surface area contributed by atoms with Gasteiger partial charge in [-0.15, -0.1) is 0 Å². The standard InChI is InChI=1S/C16H19NO2/c1-12(16(18)19)9-10-17(2)15-8-7-13-5-3-4-6-14(13)11-15/h3-8,11-12H,9-10H2,1-2H3,(H,18,19). The third kappa shape index (κ3) is 3.25. The molecule has 1 atom stereocenters. The zero-order valence-electron chi connectivity index (χ0n) is 11.3. The Hall–Kier alpha value is -2.03. The predicted molar refractivity (Wildman–Crippen MR) is 78.6 cm³/mol. The molecule has 0 saturated carbocycles.